The molecule has 26 heavy (non-hydrogen) atoms. The normalized spacial score (nSPS) is 22.7. The third-order valence-corrected chi connectivity index (χ3v) is 5.45. The summed E-state index contributed by atoms with van der Waals surface area (Å²) >= 11 is 0. The van der Waals surface area contributed by atoms with E-state index in [9.17, 15) is 4.39 Å². The van der Waals surface area contributed by atoms with E-state index < -0.39 is 0 Å². The molecule has 2 fully saturated rings. The van der Waals surface area contributed by atoms with Crippen molar-refractivity contribution in [3.05, 3.63) is 65.7 Å². The number of ether oxygens (including phenoxy) is 2. The molecule has 1 aromatic heterocycles. The molecule has 0 radical (unpaired) electrons. The van der Waals surface area contributed by atoms with Crippen molar-refractivity contribution in [3.8, 4) is 0 Å². The molecule has 1 atom stereocenters. The van der Waals surface area contributed by atoms with Crippen molar-refractivity contribution in [2.24, 2.45) is 0 Å². The summed E-state index contributed by atoms with van der Waals surface area (Å²) < 4.78 is 25.5. The van der Waals surface area contributed by atoms with Gasteiger partial charge in [-0.2, -0.15) is 0 Å². The largest absolute Gasteiger partial charge is 0.372 e. The van der Waals surface area contributed by atoms with Crippen LogP contribution in [-0.4, -0.2) is 41.3 Å². The highest BCUT2D eigenvalue weighted by Gasteiger charge is 2.43. The molecule has 2 aromatic rings. The van der Waals surface area contributed by atoms with Crippen LogP contribution in [0.15, 0.2) is 48.8 Å². The summed E-state index contributed by atoms with van der Waals surface area (Å²) in [4.78, 5) is 6.50. The number of likely N-dealkylation sites (tertiary alicyclic amines) is 1. The fourth-order valence-electron chi connectivity index (χ4n) is 3.97. The summed E-state index contributed by atoms with van der Waals surface area (Å²) in [7, 11) is 0. The first kappa shape index (κ1) is 17.6. The quantitative estimate of drug-likeness (QED) is 0.820. The number of halogens is 1. The lowest BCUT2D eigenvalue weighted by atomic mass is 9.88. The van der Waals surface area contributed by atoms with Crippen LogP contribution >= 0.6 is 0 Å². The topological polar surface area (TPSA) is 34.6 Å². The number of benzene rings is 1. The van der Waals surface area contributed by atoms with Crippen molar-refractivity contribution in [2.75, 3.05) is 19.7 Å². The molecule has 2 aliphatic heterocycles. The summed E-state index contributed by atoms with van der Waals surface area (Å²) in [5.41, 5.74) is 2.09. The number of pyridine rings is 1. The average molecular weight is 356 g/mol. The minimum absolute atomic E-state index is 0.0436. The third-order valence-electron chi connectivity index (χ3n) is 5.45. The highest BCUT2D eigenvalue weighted by atomic mass is 19.1. The van der Waals surface area contributed by atoms with E-state index in [0.717, 1.165) is 50.0 Å². The van der Waals surface area contributed by atoms with Crippen LogP contribution < -0.4 is 0 Å². The summed E-state index contributed by atoms with van der Waals surface area (Å²) in [6, 6.07) is 10.8. The van der Waals surface area contributed by atoms with Gasteiger partial charge in [0.25, 0.3) is 0 Å². The van der Waals surface area contributed by atoms with Crippen molar-refractivity contribution < 1.29 is 13.9 Å². The molecule has 1 aromatic carbocycles. The van der Waals surface area contributed by atoms with Crippen LogP contribution in [0.2, 0.25) is 0 Å². The minimum Gasteiger partial charge on any atom is -0.372 e. The smallest absolute Gasteiger partial charge is 0.123 e. The second-order valence-electron chi connectivity index (χ2n) is 7.40. The van der Waals surface area contributed by atoms with Crippen LogP contribution in [0.1, 0.15) is 30.4 Å². The maximum atomic E-state index is 13.3. The first-order valence-electron chi connectivity index (χ1n) is 9.32. The predicted molar refractivity (Wildman–Crippen MR) is 97.0 cm³/mol. The Hall–Kier alpha value is -1.82. The highest BCUT2D eigenvalue weighted by Crippen LogP contribution is 2.37. The molecule has 138 valence electrons. The van der Waals surface area contributed by atoms with E-state index in [1.807, 2.05) is 24.4 Å². The molecular formula is C21H25FN2O2. The van der Waals surface area contributed by atoms with Crippen LogP contribution in [0, 0.1) is 5.82 Å². The Labute approximate surface area is 153 Å². The summed E-state index contributed by atoms with van der Waals surface area (Å²) in [6.45, 7) is 4.01. The van der Waals surface area contributed by atoms with Gasteiger partial charge in [-0.25, -0.2) is 4.39 Å². The molecule has 4 nitrogen and oxygen atoms in total. The lowest BCUT2D eigenvalue weighted by molar-refractivity contribution is -0.0468. The zero-order valence-electron chi connectivity index (χ0n) is 14.9. The zero-order chi connectivity index (χ0) is 17.8. The van der Waals surface area contributed by atoms with Crippen molar-refractivity contribution in [1.82, 2.24) is 9.88 Å². The second kappa shape index (κ2) is 7.82. The minimum atomic E-state index is -0.163. The van der Waals surface area contributed by atoms with E-state index in [1.54, 1.807) is 18.3 Å². The highest BCUT2D eigenvalue weighted by molar-refractivity contribution is 5.16. The van der Waals surface area contributed by atoms with Gasteiger partial charge in [0.05, 0.1) is 24.9 Å². The molecule has 0 aliphatic carbocycles. The molecule has 0 saturated carbocycles. The SMILES string of the molecule is Fc1cccc(CN2CCC3(CC2)C[C@H](OCc2cccnc2)CO3)c1. The average Bonchev–Trinajstić information content (AvgIpc) is 3.06. The number of piperidine rings is 1. The molecule has 0 unspecified atom stereocenters. The van der Waals surface area contributed by atoms with E-state index in [0.29, 0.717) is 13.2 Å². The van der Waals surface area contributed by atoms with Crippen LogP contribution in [0.5, 0.6) is 0 Å². The van der Waals surface area contributed by atoms with Gasteiger partial charge in [-0.05, 0) is 42.2 Å². The maximum absolute atomic E-state index is 13.3. The number of nitrogens with zero attached hydrogens (tertiary/aromatic N) is 2. The van der Waals surface area contributed by atoms with Gasteiger partial charge in [0.2, 0.25) is 0 Å². The summed E-state index contributed by atoms with van der Waals surface area (Å²) in [5.74, 6) is -0.163. The molecule has 0 N–H and O–H groups in total. The van der Waals surface area contributed by atoms with Gasteiger partial charge in [0.1, 0.15) is 5.82 Å². The van der Waals surface area contributed by atoms with Gasteiger partial charge in [-0.3, -0.25) is 9.88 Å². The molecule has 0 amide bonds. The number of aromatic nitrogens is 1. The first-order valence-corrected chi connectivity index (χ1v) is 9.32. The Kier molecular flexibility index (Phi) is 5.29. The number of hydrogen-bond acceptors (Lipinski definition) is 4. The van der Waals surface area contributed by atoms with E-state index >= 15 is 0 Å². The van der Waals surface area contributed by atoms with Crippen molar-refractivity contribution in [3.63, 3.8) is 0 Å². The molecule has 2 aliphatic rings. The monoisotopic (exact) mass is 356 g/mol. The van der Waals surface area contributed by atoms with Crippen LogP contribution in [0.4, 0.5) is 4.39 Å². The van der Waals surface area contributed by atoms with Crippen molar-refractivity contribution in [1.29, 1.82) is 0 Å². The summed E-state index contributed by atoms with van der Waals surface area (Å²) in [6.07, 6.45) is 6.75. The van der Waals surface area contributed by atoms with Gasteiger partial charge < -0.3 is 9.47 Å². The van der Waals surface area contributed by atoms with Gasteiger partial charge in [-0.1, -0.05) is 18.2 Å². The number of hydrogen-bond donors (Lipinski definition) is 0. The fraction of sp³-hybridized carbons (Fsp3) is 0.476. The van der Waals surface area contributed by atoms with Gasteiger partial charge in [0, 0.05) is 38.4 Å². The molecule has 5 heteroatoms. The predicted octanol–water partition coefficient (Wildman–Crippen LogP) is 3.56. The standard InChI is InChI=1S/C21H25FN2O2/c22-19-5-1-3-17(11-19)14-24-9-6-21(7-10-24)12-20(16-26-21)25-15-18-4-2-8-23-13-18/h1-5,8,11,13,20H,6-7,9-10,12,14-16H2/t20-/m0/s1. The Morgan fingerprint density at radius 3 is 2.81 bits per heavy atom. The van der Waals surface area contributed by atoms with E-state index in [4.69, 9.17) is 9.47 Å². The Balaban J connectivity index is 1.25. The Morgan fingerprint density at radius 1 is 1.19 bits per heavy atom. The van der Waals surface area contributed by atoms with E-state index in [-0.39, 0.29) is 17.5 Å². The number of rotatable bonds is 5. The van der Waals surface area contributed by atoms with Crippen molar-refractivity contribution in [2.45, 2.75) is 44.1 Å². The fourth-order valence-corrected chi connectivity index (χ4v) is 3.97. The van der Waals surface area contributed by atoms with E-state index in [2.05, 4.69) is 9.88 Å². The molecule has 1 spiro atoms. The lowest BCUT2D eigenvalue weighted by Gasteiger charge is -2.38. The van der Waals surface area contributed by atoms with Crippen LogP contribution in [-0.2, 0) is 22.6 Å². The van der Waals surface area contributed by atoms with Crippen LogP contribution in [0.3, 0.4) is 0 Å². The molecule has 0 bridgehead atoms. The molecule has 3 heterocycles. The van der Waals surface area contributed by atoms with Gasteiger partial charge >= 0.3 is 0 Å². The molecule has 4 rings (SSSR count). The van der Waals surface area contributed by atoms with Gasteiger partial charge in [0.15, 0.2) is 0 Å². The van der Waals surface area contributed by atoms with Crippen molar-refractivity contribution >= 4 is 0 Å². The van der Waals surface area contributed by atoms with Gasteiger partial charge in [-0.15, -0.1) is 0 Å². The molecule has 2 saturated heterocycles. The van der Waals surface area contributed by atoms with Crippen LogP contribution in [0.25, 0.3) is 0 Å². The third kappa shape index (κ3) is 4.29. The first-order chi connectivity index (χ1) is 12.7. The Morgan fingerprint density at radius 2 is 2.04 bits per heavy atom. The second-order valence-corrected chi connectivity index (χ2v) is 7.40. The van der Waals surface area contributed by atoms with E-state index in [1.165, 1.54) is 6.07 Å². The summed E-state index contributed by atoms with van der Waals surface area (Å²) in [5, 5.41) is 0. The lowest BCUT2D eigenvalue weighted by Crippen LogP contribution is -2.43. The maximum Gasteiger partial charge on any atom is 0.123 e. The molecular weight excluding hydrogens is 331 g/mol. The zero-order valence-corrected chi connectivity index (χ0v) is 14.9. The Bertz CT molecular complexity index is 717.